The topological polar surface area (TPSA) is 9.23 Å². The standard InChI is InChI=1S/C38H36OSi/c1-2-10-28(11-3-1)24-25-39-37-22-23-38(36-17-9-8-16-35(36)37)40(33-20-18-29-12-4-6-14-31(29)26-33)34-21-19-30-13-5-7-15-32(30)27-34/h4-9,12-23,26-28,40H,1-3,10-11,24-25H2. The lowest BCUT2D eigenvalue weighted by Crippen LogP contribution is -2.52. The van der Waals surface area contributed by atoms with Crippen molar-refractivity contribution in [2.24, 2.45) is 5.92 Å². The molecular weight excluding hydrogens is 501 g/mol. The Kier molecular flexibility index (Phi) is 7.10. The highest BCUT2D eigenvalue weighted by atomic mass is 28.3. The Bertz CT molecular complexity index is 1700. The minimum Gasteiger partial charge on any atom is -0.493 e. The smallest absolute Gasteiger partial charge is 0.133 e. The van der Waals surface area contributed by atoms with Crippen LogP contribution in [0.1, 0.15) is 38.5 Å². The molecule has 0 atom stereocenters. The van der Waals surface area contributed by atoms with Crippen LogP contribution in [0, 0.1) is 5.92 Å². The van der Waals surface area contributed by atoms with Crippen molar-refractivity contribution >= 4 is 56.7 Å². The van der Waals surface area contributed by atoms with Crippen molar-refractivity contribution in [3.8, 4) is 5.75 Å². The van der Waals surface area contributed by atoms with Crippen molar-refractivity contribution in [1.29, 1.82) is 0 Å². The molecule has 1 nitrogen and oxygen atoms in total. The summed E-state index contributed by atoms with van der Waals surface area (Å²) in [6.45, 7) is 0.810. The molecular formula is C38H36OSi. The van der Waals surface area contributed by atoms with Crippen molar-refractivity contribution in [3.63, 3.8) is 0 Å². The van der Waals surface area contributed by atoms with Gasteiger partial charge < -0.3 is 4.74 Å². The van der Waals surface area contributed by atoms with E-state index in [1.54, 1.807) is 0 Å². The molecule has 1 aliphatic rings. The lowest BCUT2D eigenvalue weighted by Gasteiger charge is -2.23. The van der Waals surface area contributed by atoms with Crippen LogP contribution < -0.4 is 20.3 Å². The van der Waals surface area contributed by atoms with Gasteiger partial charge in [-0.2, -0.15) is 0 Å². The second kappa shape index (κ2) is 11.3. The first-order chi connectivity index (χ1) is 19.8. The Morgan fingerprint density at radius 3 is 1.77 bits per heavy atom. The first kappa shape index (κ1) is 25.1. The van der Waals surface area contributed by atoms with E-state index in [0.29, 0.717) is 0 Å². The summed E-state index contributed by atoms with van der Waals surface area (Å²) >= 11 is 0. The van der Waals surface area contributed by atoms with Crippen molar-refractivity contribution in [2.75, 3.05) is 6.61 Å². The molecule has 0 bridgehead atoms. The Hall–Kier alpha value is -3.88. The summed E-state index contributed by atoms with van der Waals surface area (Å²) in [5.74, 6) is 1.86. The van der Waals surface area contributed by atoms with Gasteiger partial charge in [0.2, 0.25) is 0 Å². The van der Waals surface area contributed by atoms with Crippen LogP contribution >= 0.6 is 0 Å². The van der Waals surface area contributed by atoms with Crippen molar-refractivity contribution in [3.05, 3.63) is 121 Å². The van der Waals surface area contributed by atoms with Gasteiger partial charge in [-0.3, -0.25) is 0 Å². The summed E-state index contributed by atoms with van der Waals surface area (Å²) in [5, 5.41) is 12.1. The van der Waals surface area contributed by atoms with E-state index in [-0.39, 0.29) is 0 Å². The van der Waals surface area contributed by atoms with Crippen LogP contribution in [0.5, 0.6) is 5.75 Å². The normalized spacial score (nSPS) is 14.3. The maximum atomic E-state index is 6.50. The molecule has 40 heavy (non-hydrogen) atoms. The predicted molar refractivity (Wildman–Crippen MR) is 175 cm³/mol. The van der Waals surface area contributed by atoms with Gasteiger partial charge in [0, 0.05) is 5.39 Å². The molecule has 1 aliphatic carbocycles. The number of fused-ring (bicyclic) bond motifs is 3. The summed E-state index contributed by atoms with van der Waals surface area (Å²) in [6, 6.07) is 45.2. The highest BCUT2D eigenvalue weighted by Crippen LogP contribution is 2.29. The monoisotopic (exact) mass is 536 g/mol. The lowest BCUT2D eigenvalue weighted by atomic mass is 9.87. The average molecular weight is 537 g/mol. The van der Waals surface area contributed by atoms with Gasteiger partial charge in [-0.15, -0.1) is 0 Å². The molecule has 0 saturated heterocycles. The third kappa shape index (κ3) is 5.05. The zero-order valence-electron chi connectivity index (χ0n) is 23.1. The molecule has 0 aromatic heterocycles. The van der Waals surface area contributed by atoms with E-state index in [1.807, 2.05) is 0 Å². The molecule has 6 aromatic carbocycles. The second-order valence-corrected chi connectivity index (χ2v) is 14.3. The minimum absolute atomic E-state index is 0.810. The van der Waals surface area contributed by atoms with E-state index in [0.717, 1.165) is 18.3 Å². The van der Waals surface area contributed by atoms with E-state index in [2.05, 4.69) is 121 Å². The van der Waals surface area contributed by atoms with Gasteiger partial charge >= 0.3 is 0 Å². The van der Waals surface area contributed by atoms with Crippen LogP contribution in [0.3, 0.4) is 0 Å². The Morgan fingerprint density at radius 2 is 1.12 bits per heavy atom. The van der Waals surface area contributed by atoms with Crippen LogP contribution in [0.4, 0.5) is 0 Å². The second-order valence-electron chi connectivity index (χ2n) is 11.5. The molecule has 0 spiro atoms. The molecule has 0 N–H and O–H groups in total. The van der Waals surface area contributed by atoms with Crippen molar-refractivity contribution in [1.82, 2.24) is 0 Å². The molecule has 0 aliphatic heterocycles. The van der Waals surface area contributed by atoms with Gasteiger partial charge in [-0.25, -0.2) is 0 Å². The highest BCUT2D eigenvalue weighted by Gasteiger charge is 2.23. The van der Waals surface area contributed by atoms with E-state index >= 15 is 0 Å². The summed E-state index contributed by atoms with van der Waals surface area (Å²) < 4.78 is 6.50. The van der Waals surface area contributed by atoms with Gasteiger partial charge in [0.15, 0.2) is 0 Å². The predicted octanol–water partition coefficient (Wildman–Crippen LogP) is 7.74. The zero-order valence-corrected chi connectivity index (χ0v) is 24.2. The molecule has 1 fully saturated rings. The first-order valence-corrected chi connectivity index (χ1v) is 16.7. The molecule has 7 rings (SSSR count). The Labute approximate surface area is 239 Å². The Balaban J connectivity index is 1.32. The largest absolute Gasteiger partial charge is 0.493 e. The SMILES string of the molecule is c1ccc2cc([SiH](c3ccc4ccccc4c3)c3ccc(OCCC4CCCCC4)c4ccccc34)ccc2c1. The molecule has 0 radical (unpaired) electrons. The molecule has 6 aromatic rings. The summed E-state index contributed by atoms with van der Waals surface area (Å²) in [7, 11) is -1.80. The summed E-state index contributed by atoms with van der Waals surface area (Å²) in [6.07, 6.45) is 8.09. The van der Waals surface area contributed by atoms with Gasteiger partial charge in [-0.1, -0.05) is 158 Å². The van der Waals surface area contributed by atoms with Crippen LogP contribution in [-0.2, 0) is 0 Å². The van der Waals surface area contributed by atoms with Gasteiger partial charge in [0.05, 0.1) is 6.61 Å². The van der Waals surface area contributed by atoms with Gasteiger partial charge in [0.25, 0.3) is 0 Å². The molecule has 0 unspecified atom stereocenters. The quantitative estimate of drug-likeness (QED) is 0.150. The summed E-state index contributed by atoms with van der Waals surface area (Å²) in [4.78, 5) is 0. The maximum absolute atomic E-state index is 6.50. The fourth-order valence-corrected chi connectivity index (χ4v) is 10.0. The lowest BCUT2D eigenvalue weighted by molar-refractivity contribution is 0.248. The number of rotatable bonds is 7. The molecule has 198 valence electrons. The Morgan fingerprint density at radius 1 is 0.550 bits per heavy atom. The van der Waals surface area contributed by atoms with Crippen LogP contribution in [0.15, 0.2) is 121 Å². The molecule has 0 amide bonds. The number of hydrogen-bond acceptors (Lipinski definition) is 1. The van der Waals surface area contributed by atoms with E-state index in [4.69, 9.17) is 4.74 Å². The molecule has 2 heteroatoms. The number of ether oxygens (including phenoxy) is 1. The minimum atomic E-state index is -1.80. The van der Waals surface area contributed by atoms with E-state index in [9.17, 15) is 0 Å². The fourth-order valence-electron chi connectivity index (χ4n) is 6.81. The average Bonchev–Trinajstić information content (AvgIpc) is 3.02. The number of hydrogen-bond donors (Lipinski definition) is 0. The van der Waals surface area contributed by atoms with Crippen LogP contribution in [0.2, 0.25) is 0 Å². The van der Waals surface area contributed by atoms with Crippen molar-refractivity contribution in [2.45, 2.75) is 38.5 Å². The van der Waals surface area contributed by atoms with E-state index < -0.39 is 8.80 Å². The maximum Gasteiger partial charge on any atom is 0.133 e. The van der Waals surface area contributed by atoms with Crippen molar-refractivity contribution < 1.29 is 4.74 Å². The third-order valence-electron chi connectivity index (χ3n) is 8.95. The molecule has 1 saturated carbocycles. The number of benzene rings is 6. The first-order valence-electron chi connectivity index (χ1n) is 15.0. The molecule has 0 heterocycles. The zero-order chi connectivity index (χ0) is 26.7. The van der Waals surface area contributed by atoms with Crippen LogP contribution in [0.25, 0.3) is 32.3 Å². The van der Waals surface area contributed by atoms with Gasteiger partial charge in [-0.05, 0) is 50.5 Å². The highest BCUT2D eigenvalue weighted by molar-refractivity contribution is 6.97. The van der Waals surface area contributed by atoms with E-state index in [1.165, 1.54) is 86.4 Å². The van der Waals surface area contributed by atoms with Gasteiger partial charge in [0.1, 0.15) is 14.5 Å². The fraction of sp³-hybridized carbons (Fsp3) is 0.211. The summed E-state index contributed by atoms with van der Waals surface area (Å²) in [5.41, 5.74) is 0. The van der Waals surface area contributed by atoms with Crippen LogP contribution in [-0.4, -0.2) is 15.4 Å². The third-order valence-corrected chi connectivity index (χ3v) is 12.1.